The Balaban J connectivity index is 0.000000360. The zero-order valence-electron chi connectivity index (χ0n) is 22.3. The molecule has 0 nitrogen and oxygen atoms in total. The average molecular weight is 676 g/mol. The Hall–Kier alpha value is -0.497. The van der Waals surface area contributed by atoms with Gasteiger partial charge >= 0.3 is 59.5 Å². The standard InChI is InChI=1S/C21H25.C6H10.C5H5.2BrH.Zr/c1-20(2,3)16-9-7-14-11-15-8-10-17(21(4,5)6)13-19(15)18(14)12-16;1-2-4-6-5-3-1;1-2-4-5-3-1;;;/h7,9-10,12-13H,11H2,1-6H3;1-5H2;1-5H;2*1H;/q-1;;-1;;;+2/p-2. The van der Waals surface area contributed by atoms with E-state index in [0.29, 0.717) is 0 Å². The van der Waals surface area contributed by atoms with Crippen molar-refractivity contribution in [2.24, 2.45) is 0 Å². The molecule has 1 saturated carbocycles. The number of hydrogen-bond donors (Lipinski definition) is 0. The summed E-state index contributed by atoms with van der Waals surface area (Å²) in [6.07, 6.45) is 8.34. The molecule has 3 heteroatoms. The molecule has 5 rings (SSSR count). The molecular weight excluding hydrogens is 635 g/mol. The summed E-state index contributed by atoms with van der Waals surface area (Å²) in [5.74, 6) is 0. The van der Waals surface area contributed by atoms with Gasteiger partial charge in [0.15, 0.2) is 0 Å². The van der Waals surface area contributed by atoms with E-state index in [4.69, 9.17) is 0 Å². The Morgan fingerprint density at radius 3 is 1.80 bits per heavy atom. The minimum Gasteiger partial charge on any atom is -0.214 e. The SMILES string of the molecule is CC(C)(C)c1c[c-]c2c(c1)-c1cc(C(C)(C)C)ccc1C2.[Br-].[Br-].[Zr+2]=[C]1CCCCC1.c1cc[cH-]c1. The summed E-state index contributed by atoms with van der Waals surface area (Å²) in [6, 6.07) is 25.1. The van der Waals surface area contributed by atoms with E-state index in [-0.39, 0.29) is 44.8 Å². The summed E-state index contributed by atoms with van der Waals surface area (Å²) in [6.45, 7) is 13.6. The molecule has 0 aromatic heterocycles. The average Bonchev–Trinajstić information content (AvgIpc) is 3.44. The van der Waals surface area contributed by atoms with Crippen molar-refractivity contribution in [1.82, 2.24) is 0 Å². The van der Waals surface area contributed by atoms with Crippen LogP contribution in [0, 0.1) is 6.07 Å². The Kier molecular flexibility index (Phi) is 13.4. The van der Waals surface area contributed by atoms with E-state index in [1.54, 1.807) is 27.4 Å². The maximum atomic E-state index is 3.53. The topological polar surface area (TPSA) is 0 Å². The number of halogens is 2. The summed E-state index contributed by atoms with van der Waals surface area (Å²) in [4.78, 5) is 0. The summed E-state index contributed by atoms with van der Waals surface area (Å²) >= 11 is 1.69. The van der Waals surface area contributed by atoms with E-state index in [9.17, 15) is 0 Å². The van der Waals surface area contributed by atoms with Gasteiger partial charge in [0.05, 0.1) is 0 Å². The van der Waals surface area contributed by atoms with E-state index < -0.39 is 0 Å². The van der Waals surface area contributed by atoms with Gasteiger partial charge in [0.25, 0.3) is 0 Å². The van der Waals surface area contributed by atoms with Crippen molar-refractivity contribution >= 4 is 3.21 Å². The molecule has 0 spiro atoms. The number of hydrogen-bond acceptors (Lipinski definition) is 0. The van der Waals surface area contributed by atoms with Gasteiger partial charge in [-0.3, -0.25) is 0 Å². The Bertz CT molecular complexity index is 963. The van der Waals surface area contributed by atoms with Gasteiger partial charge in [-0.2, -0.15) is 47.5 Å². The van der Waals surface area contributed by atoms with Crippen molar-refractivity contribution in [3.8, 4) is 11.1 Å². The fourth-order valence-electron chi connectivity index (χ4n) is 4.28. The first kappa shape index (κ1) is 32.5. The maximum absolute atomic E-state index is 3.53. The second-order valence-electron chi connectivity index (χ2n) is 11.5. The van der Waals surface area contributed by atoms with Crippen LogP contribution in [0.15, 0.2) is 60.7 Å². The van der Waals surface area contributed by atoms with E-state index in [1.165, 1.54) is 65.5 Å². The van der Waals surface area contributed by atoms with Crippen LogP contribution in [0.3, 0.4) is 0 Å². The number of benzene rings is 2. The first-order valence-electron chi connectivity index (χ1n) is 12.5. The third kappa shape index (κ3) is 9.71. The molecule has 0 atom stereocenters. The fraction of sp³-hybridized carbons (Fsp3) is 0.438. The van der Waals surface area contributed by atoms with Crippen LogP contribution in [0.25, 0.3) is 11.1 Å². The van der Waals surface area contributed by atoms with Gasteiger partial charge in [-0.25, -0.2) is 12.1 Å². The predicted molar refractivity (Wildman–Crippen MR) is 141 cm³/mol. The molecule has 0 saturated heterocycles. The van der Waals surface area contributed by atoms with Crippen molar-refractivity contribution in [1.29, 1.82) is 0 Å². The minimum atomic E-state index is 0. The van der Waals surface area contributed by atoms with E-state index in [0.717, 1.165) is 6.42 Å². The van der Waals surface area contributed by atoms with Crippen LogP contribution in [-0.2, 0) is 41.5 Å². The molecule has 3 aromatic carbocycles. The Morgan fingerprint density at radius 2 is 1.34 bits per heavy atom. The van der Waals surface area contributed by atoms with Gasteiger partial charge in [0, 0.05) is 0 Å². The molecule has 0 N–H and O–H groups in total. The molecule has 3 aromatic rings. The third-order valence-electron chi connectivity index (χ3n) is 6.54. The molecule has 0 bridgehead atoms. The van der Waals surface area contributed by atoms with Gasteiger partial charge in [-0.1, -0.05) is 76.3 Å². The monoisotopic (exact) mass is 672 g/mol. The molecule has 0 heterocycles. The normalized spacial score (nSPS) is 14.1. The van der Waals surface area contributed by atoms with Crippen LogP contribution >= 0.6 is 0 Å². The first-order valence-corrected chi connectivity index (χ1v) is 13.7. The molecule has 188 valence electrons. The van der Waals surface area contributed by atoms with E-state index in [1.807, 2.05) is 30.3 Å². The zero-order chi connectivity index (χ0) is 24.1. The van der Waals surface area contributed by atoms with E-state index in [2.05, 4.69) is 77.9 Å². The van der Waals surface area contributed by atoms with Crippen LogP contribution in [0.1, 0.15) is 95.9 Å². The summed E-state index contributed by atoms with van der Waals surface area (Å²) in [5, 5.41) is 0. The van der Waals surface area contributed by atoms with Gasteiger partial charge in [-0.05, 0) is 17.4 Å². The van der Waals surface area contributed by atoms with Crippen molar-refractivity contribution in [3.05, 3.63) is 89.0 Å². The van der Waals surface area contributed by atoms with Gasteiger partial charge < -0.3 is 34.0 Å². The Morgan fingerprint density at radius 1 is 0.771 bits per heavy atom. The van der Waals surface area contributed by atoms with Crippen LogP contribution < -0.4 is 34.0 Å². The Labute approximate surface area is 250 Å². The summed E-state index contributed by atoms with van der Waals surface area (Å²) in [5.41, 5.74) is 8.76. The van der Waals surface area contributed by atoms with Gasteiger partial charge in [0.2, 0.25) is 0 Å². The second-order valence-corrected chi connectivity index (χ2v) is 13.2. The smallest absolute Gasteiger partial charge is 0.172 e. The molecular formula is C32H40Br2Zr-2. The number of rotatable bonds is 0. The van der Waals surface area contributed by atoms with Gasteiger partial charge in [0.1, 0.15) is 0 Å². The quantitative estimate of drug-likeness (QED) is 0.252. The van der Waals surface area contributed by atoms with Crippen molar-refractivity contribution < 1.29 is 58.2 Å². The maximum Gasteiger partial charge on any atom is -0.172 e. The second kappa shape index (κ2) is 14.4. The van der Waals surface area contributed by atoms with Crippen LogP contribution in [-0.4, -0.2) is 3.21 Å². The van der Waals surface area contributed by atoms with E-state index >= 15 is 0 Å². The van der Waals surface area contributed by atoms with Gasteiger partial charge in [-0.15, -0.1) is 5.56 Å². The summed E-state index contributed by atoms with van der Waals surface area (Å²) in [7, 11) is 0. The van der Waals surface area contributed by atoms with Crippen LogP contribution in [0.4, 0.5) is 0 Å². The third-order valence-corrected chi connectivity index (χ3v) is 7.77. The summed E-state index contributed by atoms with van der Waals surface area (Å²) < 4.78 is 1.80. The molecule has 1 fully saturated rings. The molecule has 0 radical (unpaired) electrons. The first-order chi connectivity index (χ1) is 15.6. The zero-order valence-corrected chi connectivity index (χ0v) is 27.9. The van der Waals surface area contributed by atoms with Crippen LogP contribution in [0.2, 0.25) is 0 Å². The molecule has 0 amide bonds. The molecule has 35 heavy (non-hydrogen) atoms. The minimum absolute atomic E-state index is 0. The van der Waals surface area contributed by atoms with Crippen molar-refractivity contribution in [3.63, 3.8) is 0 Å². The number of fused-ring (bicyclic) bond motifs is 3. The largest absolute Gasteiger partial charge is 0.214 e. The van der Waals surface area contributed by atoms with Crippen LogP contribution in [0.5, 0.6) is 0 Å². The molecule has 2 aliphatic carbocycles. The van der Waals surface area contributed by atoms with Crippen molar-refractivity contribution in [2.45, 2.75) is 90.9 Å². The van der Waals surface area contributed by atoms with Crippen molar-refractivity contribution in [2.75, 3.05) is 0 Å². The fourth-order valence-corrected chi connectivity index (χ4v) is 5.15. The molecule has 0 aliphatic heterocycles. The molecule has 0 unspecified atom stereocenters. The molecule has 2 aliphatic rings. The predicted octanol–water partition coefficient (Wildman–Crippen LogP) is 2.74.